The number of allylic oxidation sites excluding steroid dienone is 1. The van der Waals surface area contributed by atoms with E-state index in [9.17, 15) is 4.79 Å². The van der Waals surface area contributed by atoms with Crippen LogP contribution in [0.5, 0.6) is 0 Å². The smallest absolute Gasteiger partial charge is 0.230 e. The van der Waals surface area contributed by atoms with Crippen LogP contribution in [0, 0.1) is 6.92 Å². The van der Waals surface area contributed by atoms with Gasteiger partial charge in [0.2, 0.25) is 5.91 Å². The Labute approximate surface area is 172 Å². The van der Waals surface area contributed by atoms with Crippen molar-refractivity contribution in [1.29, 1.82) is 0 Å². The lowest BCUT2D eigenvalue weighted by molar-refractivity contribution is -0.118. The number of hydrogen-bond acceptors (Lipinski definition) is 5. The molecule has 1 aliphatic rings. The monoisotopic (exact) mass is 410 g/mol. The molecule has 1 N–H and O–H groups in total. The Morgan fingerprint density at radius 1 is 1.36 bits per heavy atom. The van der Waals surface area contributed by atoms with Gasteiger partial charge in [-0.3, -0.25) is 9.36 Å². The summed E-state index contributed by atoms with van der Waals surface area (Å²) in [5.41, 5.74) is 3.42. The van der Waals surface area contributed by atoms with E-state index < -0.39 is 0 Å². The van der Waals surface area contributed by atoms with E-state index in [-0.39, 0.29) is 5.91 Å². The first kappa shape index (κ1) is 19.0. The fraction of sp³-hybridized carbons (Fsp3) is 0.286. The minimum Gasteiger partial charge on any atom is -0.353 e. The van der Waals surface area contributed by atoms with Gasteiger partial charge in [-0.15, -0.1) is 28.1 Å². The van der Waals surface area contributed by atoms with Crippen LogP contribution in [0.4, 0.5) is 0 Å². The number of thiophene rings is 1. The number of aromatic nitrogens is 3. The maximum absolute atomic E-state index is 12.0. The topological polar surface area (TPSA) is 59.8 Å². The van der Waals surface area contributed by atoms with Gasteiger partial charge in [-0.05, 0) is 25.3 Å². The van der Waals surface area contributed by atoms with Gasteiger partial charge in [0.25, 0.3) is 0 Å². The molecule has 2 aromatic heterocycles. The molecule has 4 rings (SSSR count). The maximum Gasteiger partial charge on any atom is 0.230 e. The molecule has 5 nitrogen and oxygen atoms in total. The SMILES string of the molecule is C=CCn1c(SCC(=O)NC2CC2)nnc1-c1csc(C)c1-c1ccccc1. The Balaban J connectivity index is 1.64. The molecule has 2 heterocycles. The normalized spacial score (nSPS) is 13.5. The second kappa shape index (κ2) is 8.32. The molecule has 0 atom stereocenters. The molecule has 0 bridgehead atoms. The highest BCUT2D eigenvalue weighted by Crippen LogP contribution is 2.39. The third kappa shape index (κ3) is 4.05. The average Bonchev–Trinajstić information content (AvgIpc) is 3.30. The summed E-state index contributed by atoms with van der Waals surface area (Å²) in [6, 6.07) is 10.7. The van der Waals surface area contributed by atoms with Crippen LogP contribution in [0.3, 0.4) is 0 Å². The minimum absolute atomic E-state index is 0.0542. The summed E-state index contributed by atoms with van der Waals surface area (Å²) in [6.07, 6.45) is 4.02. The van der Waals surface area contributed by atoms with E-state index in [0.717, 1.165) is 29.4 Å². The van der Waals surface area contributed by atoms with E-state index in [0.29, 0.717) is 18.3 Å². The largest absolute Gasteiger partial charge is 0.353 e. The lowest BCUT2D eigenvalue weighted by atomic mass is 10.0. The molecule has 1 aromatic carbocycles. The lowest BCUT2D eigenvalue weighted by Crippen LogP contribution is -2.27. The van der Waals surface area contributed by atoms with Crippen LogP contribution in [0.25, 0.3) is 22.5 Å². The number of nitrogens with one attached hydrogen (secondary N) is 1. The first-order valence-electron chi connectivity index (χ1n) is 9.27. The Bertz CT molecular complexity index is 989. The molecular weight excluding hydrogens is 388 g/mol. The average molecular weight is 411 g/mol. The van der Waals surface area contributed by atoms with Crippen LogP contribution in [-0.2, 0) is 11.3 Å². The maximum atomic E-state index is 12.0. The standard InChI is InChI=1S/C21H22N4OS2/c1-3-11-25-20(23-24-21(25)28-13-18(26)22-16-9-10-16)17-12-27-14(2)19(17)15-7-5-4-6-8-15/h3-8,12,16H,1,9-11,13H2,2H3,(H,22,26). The predicted molar refractivity (Wildman–Crippen MR) is 116 cm³/mol. The Hall–Kier alpha value is -2.38. The van der Waals surface area contributed by atoms with Crippen molar-refractivity contribution in [2.45, 2.75) is 37.5 Å². The van der Waals surface area contributed by atoms with Gasteiger partial charge in [-0.25, -0.2) is 0 Å². The van der Waals surface area contributed by atoms with E-state index in [4.69, 9.17) is 0 Å². The van der Waals surface area contributed by atoms with Gasteiger partial charge in [0, 0.05) is 34.0 Å². The molecule has 1 fully saturated rings. The number of carbonyl (C=O) groups excluding carboxylic acids is 1. The number of amides is 1. The highest BCUT2D eigenvalue weighted by Gasteiger charge is 2.24. The minimum atomic E-state index is 0.0542. The first-order valence-corrected chi connectivity index (χ1v) is 11.1. The van der Waals surface area contributed by atoms with Crippen molar-refractivity contribution in [3.63, 3.8) is 0 Å². The fourth-order valence-electron chi connectivity index (χ4n) is 3.10. The zero-order valence-corrected chi connectivity index (χ0v) is 17.4. The molecule has 1 aliphatic carbocycles. The van der Waals surface area contributed by atoms with E-state index in [1.807, 2.05) is 28.8 Å². The van der Waals surface area contributed by atoms with Crippen LogP contribution in [0.15, 0.2) is 53.5 Å². The van der Waals surface area contributed by atoms with Crippen LogP contribution in [0.1, 0.15) is 17.7 Å². The zero-order chi connectivity index (χ0) is 19.5. The van der Waals surface area contributed by atoms with Crippen molar-refractivity contribution in [3.8, 4) is 22.5 Å². The van der Waals surface area contributed by atoms with E-state index >= 15 is 0 Å². The summed E-state index contributed by atoms with van der Waals surface area (Å²) in [5.74, 6) is 1.21. The van der Waals surface area contributed by atoms with Crippen molar-refractivity contribution >= 4 is 29.0 Å². The predicted octanol–water partition coefficient (Wildman–Crippen LogP) is 4.54. The summed E-state index contributed by atoms with van der Waals surface area (Å²) >= 11 is 3.13. The Kier molecular flexibility index (Phi) is 5.64. The first-order chi connectivity index (χ1) is 13.7. The molecular formula is C21H22N4OS2. The quantitative estimate of drug-likeness (QED) is 0.438. The molecule has 0 unspecified atom stereocenters. The van der Waals surface area contributed by atoms with Crippen LogP contribution < -0.4 is 5.32 Å². The van der Waals surface area contributed by atoms with Crippen molar-refractivity contribution in [3.05, 3.63) is 53.2 Å². The second-order valence-corrected chi connectivity index (χ2v) is 8.81. The van der Waals surface area contributed by atoms with E-state index in [1.54, 1.807) is 11.3 Å². The number of aryl methyl sites for hydroxylation is 1. The number of thioether (sulfide) groups is 1. The number of hydrogen-bond donors (Lipinski definition) is 1. The molecule has 1 saturated carbocycles. The highest BCUT2D eigenvalue weighted by atomic mass is 32.2. The van der Waals surface area contributed by atoms with E-state index in [1.165, 1.54) is 27.8 Å². The summed E-state index contributed by atoms with van der Waals surface area (Å²) in [4.78, 5) is 13.3. The lowest BCUT2D eigenvalue weighted by Gasteiger charge is -2.09. The number of benzene rings is 1. The Morgan fingerprint density at radius 3 is 2.86 bits per heavy atom. The van der Waals surface area contributed by atoms with Crippen LogP contribution >= 0.6 is 23.1 Å². The van der Waals surface area contributed by atoms with Gasteiger partial charge in [-0.2, -0.15) is 0 Å². The van der Waals surface area contributed by atoms with E-state index in [2.05, 4.69) is 46.5 Å². The van der Waals surface area contributed by atoms with Gasteiger partial charge in [0.15, 0.2) is 11.0 Å². The van der Waals surface area contributed by atoms with Gasteiger partial charge in [-0.1, -0.05) is 48.2 Å². The molecule has 1 amide bonds. The fourth-order valence-corrected chi connectivity index (χ4v) is 4.72. The highest BCUT2D eigenvalue weighted by molar-refractivity contribution is 7.99. The van der Waals surface area contributed by atoms with Crippen LogP contribution in [-0.4, -0.2) is 32.5 Å². The number of nitrogens with zero attached hydrogens (tertiary/aromatic N) is 3. The molecule has 3 aromatic rings. The molecule has 0 radical (unpaired) electrons. The van der Waals surface area contributed by atoms with Gasteiger partial charge >= 0.3 is 0 Å². The molecule has 0 spiro atoms. The van der Waals surface area contributed by atoms with Crippen molar-refractivity contribution < 1.29 is 4.79 Å². The third-order valence-electron chi connectivity index (χ3n) is 4.58. The number of rotatable bonds is 8. The second-order valence-electron chi connectivity index (χ2n) is 6.78. The number of carbonyl (C=O) groups is 1. The summed E-state index contributed by atoms with van der Waals surface area (Å²) in [7, 11) is 0. The molecule has 28 heavy (non-hydrogen) atoms. The van der Waals surface area contributed by atoms with Gasteiger partial charge in [0.05, 0.1) is 5.75 Å². The molecule has 0 aliphatic heterocycles. The Morgan fingerprint density at radius 2 is 2.14 bits per heavy atom. The molecule has 144 valence electrons. The summed E-state index contributed by atoms with van der Waals surface area (Å²) in [5, 5.41) is 14.7. The van der Waals surface area contributed by atoms with Crippen molar-refractivity contribution in [2.75, 3.05) is 5.75 Å². The zero-order valence-electron chi connectivity index (χ0n) is 15.7. The summed E-state index contributed by atoms with van der Waals surface area (Å²) in [6.45, 7) is 6.60. The van der Waals surface area contributed by atoms with Gasteiger partial charge in [0.1, 0.15) is 0 Å². The van der Waals surface area contributed by atoms with Crippen molar-refractivity contribution in [1.82, 2.24) is 20.1 Å². The summed E-state index contributed by atoms with van der Waals surface area (Å²) < 4.78 is 2.04. The molecule has 0 saturated heterocycles. The third-order valence-corrected chi connectivity index (χ3v) is 6.46. The van der Waals surface area contributed by atoms with Crippen LogP contribution in [0.2, 0.25) is 0 Å². The van der Waals surface area contributed by atoms with Crippen molar-refractivity contribution in [2.24, 2.45) is 0 Å². The molecule has 7 heteroatoms. The van der Waals surface area contributed by atoms with Gasteiger partial charge < -0.3 is 5.32 Å².